The number of rotatable bonds is 5. The van der Waals surface area contributed by atoms with Crippen LogP contribution in [0.3, 0.4) is 0 Å². The number of benzene rings is 10. The highest BCUT2D eigenvalue weighted by Crippen LogP contribution is 2.45. The zero-order valence-electron chi connectivity index (χ0n) is 34.6. The molecule has 0 radical (unpaired) electrons. The molecule has 0 saturated carbocycles. The van der Waals surface area contributed by atoms with E-state index in [-0.39, 0.29) is 0 Å². The summed E-state index contributed by atoms with van der Waals surface area (Å²) in [6.45, 7) is 0. The molecular formula is C60H37N3S. The first-order chi connectivity index (χ1) is 31.7. The summed E-state index contributed by atoms with van der Waals surface area (Å²) in [5, 5.41) is 10.1. The van der Waals surface area contributed by atoms with Crippen LogP contribution in [0.15, 0.2) is 224 Å². The highest BCUT2D eigenvalue weighted by atomic mass is 32.1. The lowest BCUT2D eigenvalue weighted by molar-refractivity contribution is 1.18. The third-order valence-corrected chi connectivity index (χ3v) is 14.6. The van der Waals surface area contributed by atoms with Crippen molar-refractivity contribution in [1.29, 1.82) is 0 Å². The second-order valence-corrected chi connectivity index (χ2v) is 18.0. The SMILES string of the molecule is c1ccc(-n2c3ccccc3c3cc(-c4cc(-c5ccc6c(c5)c5ccccc5n6-c5ccc6sc7ccccc7c6c5)c5c(c4)c4ccccc4n5-c4ccccc4)ccc32)cc1. The lowest BCUT2D eigenvalue weighted by atomic mass is 9.94. The fourth-order valence-electron chi connectivity index (χ4n) is 10.6. The lowest BCUT2D eigenvalue weighted by Crippen LogP contribution is -1.96. The Morgan fingerprint density at radius 1 is 0.250 bits per heavy atom. The van der Waals surface area contributed by atoms with Crippen molar-refractivity contribution in [3.63, 3.8) is 0 Å². The van der Waals surface area contributed by atoms with Gasteiger partial charge in [0.05, 0.1) is 33.1 Å². The molecule has 4 heterocycles. The number of aromatic nitrogens is 3. The molecule has 0 aliphatic carbocycles. The molecule has 0 fully saturated rings. The Kier molecular flexibility index (Phi) is 7.56. The second-order valence-electron chi connectivity index (χ2n) is 16.9. The van der Waals surface area contributed by atoms with Gasteiger partial charge in [0.2, 0.25) is 0 Å². The molecule has 14 aromatic rings. The normalized spacial score (nSPS) is 12.1. The first-order valence-corrected chi connectivity index (χ1v) is 22.7. The minimum Gasteiger partial charge on any atom is -0.309 e. The van der Waals surface area contributed by atoms with Crippen molar-refractivity contribution < 1.29 is 0 Å². The highest BCUT2D eigenvalue weighted by Gasteiger charge is 2.22. The monoisotopic (exact) mass is 831 g/mol. The summed E-state index contributed by atoms with van der Waals surface area (Å²) in [5.41, 5.74) is 15.4. The van der Waals surface area contributed by atoms with Gasteiger partial charge in [-0.2, -0.15) is 0 Å². The number of para-hydroxylation sites is 5. The first-order valence-electron chi connectivity index (χ1n) is 21.9. The maximum Gasteiger partial charge on any atom is 0.0619 e. The van der Waals surface area contributed by atoms with Gasteiger partial charge in [0, 0.05) is 75.1 Å². The van der Waals surface area contributed by atoms with Crippen molar-refractivity contribution in [2.24, 2.45) is 0 Å². The molecule has 0 aliphatic heterocycles. The van der Waals surface area contributed by atoms with Crippen molar-refractivity contribution in [1.82, 2.24) is 13.7 Å². The summed E-state index contributed by atoms with van der Waals surface area (Å²) >= 11 is 1.86. The van der Waals surface area contributed by atoms with E-state index in [2.05, 4.69) is 238 Å². The molecule has 4 aromatic heterocycles. The molecule has 298 valence electrons. The molecular weight excluding hydrogens is 795 g/mol. The summed E-state index contributed by atoms with van der Waals surface area (Å²) in [7, 11) is 0. The molecule has 3 nitrogen and oxygen atoms in total. The fourth-order valence-corrected chi connectivity index (χ4v) is 11.7. The van der Waals surface area contributed by atoms with Crippen LogP contribution < -0.4 is 0 Å². The number of thiophene rings is 1. The third kappa shape index (κ3) is 5.15. The van der Waals surface area contributed by atoms with E-state index in [1.807, 2.05) is 11.3 Å². The number of hydrogen-bond donors (Lipinski definition) is 0. The van der Waals surface area contributed by atoms with E-state index in [1.54, 1.807) is 0 Å². The molecule has 0 unspecified atom stereocenters. The maximum absolute atomic E-state index is 2.47. The fraction of sp³-hybridized carbons (Fsp3) is 0. The van der Waals surface area contributed by atoms with E-state index in [0.717, 1.165) is 11.4 Å². The van der Waals surface area contributed by atoms with Crippen molar-refractivity contribution in [2.75, 3.05) is 0 Å². The zero-order valence-corrected chi connectivity index (χ0v) is 35.4. The van der Waals surface area contributed by atoms with Gasteiger partial charge in [-0.3, -0.25) is 0 Å². The first kappa shape index (κ1) is 35.4. The van der Waals surface area contributed by atoms with Crippen molar-refractivity contribution in [2.45, 2.75) is 0 Å². The number of hydrogen-bond acceptors (Lipinski definition) is 1. The Labute approximate surface area is 372 Å². The largest absolute Gasteiger partial charge is 0.309 e. The molecule has 0 saturated heterocycles. The molecule has 10 aromatic carbocycles. The minimum atomic E-state index is 1.15. The highest BCUT2D eigenvalue weighted by molar-refractivity contribution is 7.25. The summed E-state index contributed by atoms with van der Waals surface area (Å²) < 4.78 is 9.94. The maximum atomic E-state index is 2.47. The number of nitrogens with zero attached hydrogens (tertiary/aromatic N) is 3. The molecule has 64 heavy (non-hydrogen) atoms. The van der Waals surface area contributed by atoms with Gasteiger partial charge in [-0.1, -0.05) is 121 Å². The van der Waals surface area contributed by atoms with E-state index in [4.69, 9.17) is 0 Å². The Morgan fingerprint density at radius 3 is 1.39 bits per heavy atom. The van der Waals surface area contributed by atoms with Gasteiger partial charge in [0.1, 0.15) is 0 Å². The van der Waals surface area contributed by atoms with Crippen molar-refractivity contribution >= 4 is 96.9 Å². The van der Waals surface area contributed by atoms with Gasteiger partial charge in [0.25, 0.3) is 0 Å². The Balaban J connectivity index is 1.04. The van der Waals surface area contributed by atoms with Crippen LogP contribution in [0.25, 0.3) is 125 Å². The van der Waals surface area contributed by atoms with Crippen molar-refractivity contribution in [3.8, 4) is 39.3 Å². The molecule has 0 amide bonds. The molecule has 0 bridgehead atoms. The van der Waals surface area contributed by atoms with Gasteiger partial charge >= 0.3 is 0 Å². The van der Waals surface area contributed by atoms with Crippen LogP contribution in [0.2, 0.25) is 0 Å². The van der Waals surface area contributed by atoms with Crippen molar-refractivity contribution in [3.05, 3.63) is 224 Å². The van der Waals surface area contributed by atoms with Gasteiger partial charge in [-0.15, -0.1) is 11.3 Å². The van der Waals surface area contributed by atoms with E-state index < -0.39 is 0 Å². The van der Waals surface area contributed by atoms with E-state index in [9.17, 15) is 0 Å². The van der Waals surface area contributed by atoms with Crippen LogP contribution in [0.1, 0.15) is 0 Å². The lowest BCUT2D eigenvalue weighted by Gasteiger charge is -2.15. The third-order valence-electron chi connectivity index (χ3n) is 13.4. The molecule has 14 rings (SSSR count). The van der Waals surface area contributed by atoms with Gasteiger partial charge in [-0.25, -0.2) is 0 Å². The average molecular weight is 832 g/mol. The Hall–Kier alpha value is -8.18. The van der Waals surface area contributed by atoms with E-state index in [1.165, 1.54) is 114 Å². The van der Waals surface area contributed by atoms with Gasteiger partial charge in [-0.05, 0) is 120 Å². The molecule has 0 aliphatic rings. The summed E-state index contributed by atoms with van der Waals surface area (Å²) in [6, 6.07) is 82.9. The van der Waals surface area contributed by atoms with Crippen LogP contribution in [0.4, 0.5) is 0 Å². The quantitative estimate of drug-likeness (QED) is 0.164. The van der Waals surface area contributed by atoms with Crippen LogP contribution >= 0.6 is 11.3 Å². The predicted molar refractivity (Wildman–Crippen MR) is 273 cm³/mol. The minimum absolute atomic E-state index is 1.15. The second kappa shape index (κ2) is 13.7. The standard InChI is InChI=1S/C60H37N3S/c1-3-15-41(16-4-1)61-53-23-11-7-19-44(53)49-33-38(27-30-56(49)61)40-35-48(60-52(36-40)46-21-9-13-25-55(46)63(60)42-17-5-2-6-18-42)39-28-31-57-50(34-39)45-20-8-12-24-54(45)62(57)43-29-32-59-51(37-43)47-22-10-14-26-58(47)64-59/h1-37H. The summed E-state index contributed by atoms with van der Waals surface area (Å²) in [5.74, 6) is 0. The molecule has 0 spiro atoms. The summed E-state index contributed by atoms with van der Waals surface area (Å²) in [6.07, 6.45) is 0. The zero-order chi connectivity index (χ0) is 41.9. The average Bonchev–Trinajstić information content (AvgIpc) is 4.10. The van der Waals surface area contributed by atoms with Crippen LogP contribution in [-0.4, -0.2) is 13.7 Å². The topological polar surface area (TPSA) is 14.8 Å². The molecule has 0 atom stereocenters. The van der Waals surface area contributed by atoms with Crippen LogP contribution in [0.5, 0.6) is 0 Å². The molecule has 0 N–H and O–H groups in total. The number of fused-ring (bicyclic) bond motifs is 12. The smallest absolute Gasteiger partial charge is 0.0619 e. The Bertz CT molecular complexity index is 4180. The van der Waals surface area contributed by atoms with Gasteiger partial charge < -0.3 is 13.7 Å². The van der Waals surface area contributed by atoms with E-state index >= 15 is 0 Å². The van der Waals surface area contributed by atoms with E-state index in [0.29, 0.717) is 0 Å². The summed E-state index contributed by atoms with van der Waals surface area (Å²) in [4.78, 5) is 0. The van der Waals surface area contributed by atoms with Crippen LogP contribution in [-0.2, 0) is 0 Å². The molecule has 4 heteroatoms. The van der Waals surface area contributed by atoms with Gasteiger partial charge in [0.15, 0.2) is 0 Å². The predicted octanol–water partition coefficient (Wildman–Crippen LogP) is 16.7. The Morgan fingerprint density at radius 2 is 0.719 bits per heavy atom. The van der Waals surface area contributed by atoms with Crippen LogP contribution in [0, 0.1) is 0 Å².